The molecule has 0 aliphatic carbocycles. The van der Waals surface area contributed by atoms with Gasteiger partial charge in [0.1, 0.15) is 12.3 Å². The number of rotatable bonds is 7. The second kappa shape index (κ2) is 12.2. The molecule has 0 amide bonds. The Labute approximate surface area is 179 Å². The van der Waals surface area contributed by atoms with Crippen molar-refractivity contribution in [2.24, 2.45) is 0 Å². The van der Waals surface area contributed by atoms with Gasteiger partial charge in [0, 0.05) is 11.0 Å². The van der Waals surface area contributed by atoms with Crippen molar-refractivity contribution < 1.29 is 25.2 Å². The maximum absolute atomic E-state index is 11.7. The van der Waals surface area contributed by atoms with E-state index in [9.17, 15) is 14.7 Å². The van der Waals surface area contributed by atoms with E-state index in [-0.39, 0.29) is 10.8 Å². The van der Waals surface area contributed by atoms with Crippen LogP contribution in [0.3, 0.4) is 0 Å². The van der Waals surface area contributed by atoms with Crippen molar-refractivity contribution in [2.75, 3.05) is 26.2 Å². The summed E-state index contributed by atoms with van der Waals surface area (Å²) in [6, 6.07) is 8.59. The summed E-state index contributed by atoms with van der Waals surface area (Å²) in [6.07, 6.45) is 0. The number of thiophene rings is 1. The number of quaternary nitrogens is 1. The Morgan fingerprint density at radius 1 is 1.19 bits per heavy atom. The second-order valence-electron chi connectivity index (χ2n) is 5.38. The molecule has 0 atom stereocenters. The van der Waals surface area contributed by atoms with E-state index in [1.807, 2.05) is 0 Å². The van der Waals surface area contributed by atoms with E-state index < -0.39 is 5.97 Å². The highest BCUT2D eigenvalue weighted by Gasteiger charge is 2.07. The van der Waals surface area contributed by atoms with Crippen molar-refractivity contribution in [1.82, 2.24) is 4.90 Å². The van der Waals surface area contributed by atoms with E-state index in [2.05, 4.69) is 56.3 Å². The maximum Gasteiger partial charge on any atom is 0.338 e. The number of carbonyl (C=O) groups is 2. The van der Waals surface area contributed by atoms with Gasteiger partial charge in [-0.3, -0.25) is 0 Å². The van der Waals surface area contributed by atoms with E-state index in [1.54, 1.807) is 24.3 Å². The van der Waals surface area contributed by atoms with Gasteiger partial charge in [0.2, 0.25) is 0 Å². The lowest BCUT2D eigenvalue weighted by Gasteiger charge is -2.17. The quantitative estimate of drug-likeness (QED) is 0.565. The molecule has 2 rings (SSSR count). The lowest BCUT2D eigenvalue weighted by atomic mass is 10.2. The van der Waals surface area contributed by atoms with Crippen LogP contribution in [0.15, 0.2) is 38.6 Å². The van der Waals surface area contributed by atoms with Crippen LogP contribution in [0, 0.1) is 0 Å². The van der Waals surface area contributed by atoms with Crippen molar-refractivity contribution in [2.45, 2.75) is 13.8 Å². The monoisotopic (exact) mass is 520 g/mol. The van der Waals surface area contributed by atoms with Crippen LogP contribution in [0.5, 0.6) is 0 Å². The minimum Gasteiger partial charge on any atom is -0.544 e. The SMILES string of the molecule is CCN(CC)CCOC(=O)c1ccc([NH3+])cc1.O=C([O-])c1cc(Br)c(Br)s1. The third-order valence-electron chi connectivity index (χ3n) is 3.57. The van der Waals surface area contributed by atoms with Crippen LogP contribution in [-0.4, -0.2) is 43.1 Å². The molecule has 0 saturated carbocycles. The van der Waals surface area contributed by atoms with Crippen LogP contribution in [0.2, 0.25) is 0 Å². The van der Waals surface area contributed by atoms with Crippen molar-refractivity contribution in [3.8, 4) is 0 Å². The number of hydrogen-bond donors (Lipinski definition) is 1. The number of likely N-dealkylation sites (N-methyl/N-ethyl adjacent to an activating group) is 1. The summed E-state index contributed by atoms with van der Waals surface area (Å²) in [5.41, 5.74) is 5.24. The summed E-state index contributed by atoms with van der Waals surface area (Å²) in [7, 11) is 0. The molecule has 1 aromatic heterocycles. The molecule has 0 radical (unpaired) electrons. The van der Waals surface area contributed by atoms with Crippen LogP contribution in [0.4, 0.5) is 5.69 Å². The third-order valence-corrected chi connectivity index (χ3v) is 6.81. The molecule has 1 aromatic carbocycles. The van der Waals surface area contributed by atoms with Gasteiger partial charge >= 0.3 is 5.97 Å². The molecule has 0 aliphatic rings. The Morgan fingerprint density at radius 2 is 1.78 bits per heavy atom. The first-order valence-electron chi connectivity index (χ1n) is 8.26. The molecule has 1 heterocycles. The van der Waals surface area contributed by atoms with Crippen molar-refractivity contribution in [3.63, 3.8) is 0 Å². The first-order valence-corrected chi connectivity index (χ1v) is 10.7. The number of halogens is 2. The summed E-state index contributed by atoms with van der Waals surface area (Å²) in [5, 5.41) is 10.2. The third kappa shape index (κ3) is 8.52. The van der Waals surface area contributed by atoms with Crippen molar-refractivity contribution in [1.29, 1.82) is 0 Å². The van der Waals surface area contributed by atoms with Gasteiger partial charge in [-0.25, -0.2) is 4.79 Å². The number of hydrogen-bond acceptors (Lipinski definition) is 6. The Hall–Kier alpha value is -1.26. The molecule has 0 fully saturated rings. The fourth-order valence-corrected chi connectivity index (χ4v) is 3.85. The summed E-state index contributed by atoms with van der Waals surface area (Å²) in [6.45, 7) is 7.36. The summed E-state index contributed by atoms with van der Waals surface area (Å²) in [4.78, 5) is 24.3. The highest BCUT2D eigenvalue weighted by molar-refractivity contribution is 9.13. The number of nitrogens with zero attached hydrogens (tertiary/aromatic N) is 1. The lowest BCUT2D eigenvalue weighted by molar-refractivity contribution is -0.255. The smallest absolute Gasteiger partial charge is 0.338 e. The molecule has 2 aromatic rings. The standard InChI is InChI=1S/C13H20N2O2.C5H2Br2O2S/c1-3-15(4-2)9-10-17-13(16)11-5-7-12(14)8-6-11;6-2-1-3(5(8)9)10-4(2)7/h5-8H,3-4,9-10,14H2,1-2H3;1H,(H,8,9). The molecule has 0 saturated heterocycles. The van der Waals surface area contributed by atoms with Crippen LogP contribution in [-0.2, 0) is 4.74 Å². The predicted molar refractivity (Wildman–Crippen MR) is 111 cm³/mol. The number of ether oxygens (including phenoxy) is 1. The molecular formula is C18H22Br2N2O4S. The molecule has 0 spiro atoms. The van der Waals surface area contributed by atoms with E-state index in [4.69, 9.17) is 4.74 Å². The van der Waals surface area contributed by atoms with E-state index >= 15 is 0 Å². The molecule has 6 nitrogen and oxygen atoms in total. The van der Waals surface area contributed by atoms with Crippen molar-refractivity contribution >= 4 is 60.8 Å². The van der Waals surface area contributed by atoms with Gasteiger partial charge in [-0.2, -0.15) is 0 Å². The van der Waals surface area contributed by atoms with E-state index in [0.29, 0.717) is 12.2 Å². The lowest BCUT2D eigenvalue weighted by Crippen LogP contribution is -2.39. The normalized spacial score (nSPS) is 10.3. The van der Waals surface area contributed by atoms with Gasteiger partial charge in [0.25, 0.3) is 0 Å². The van der Waals surface area contributed by atoms with Gasteiger partial charge in [0.15, 0.2) is 0 Å². The molecule has 3 N–H and O–H groups in total. The first-order chi connectivity index (χ1) is 12.8. The van der Waals surface area contributed by atoms with Crippen LogP contribution >= 0.6 is 43.2 Å². The predicted octanol–water partition coefficient (Wildman–Crippen LogP) is 2.70. The highest BCUT2D eigenvalue weighted by atomic mass is 79.9. The number of carboxylic acids is 1. The summed E-state index contributed by atoms with van der Waals surface area (Å²) >= 11 is 7.45. The minimum absolute atomic E-state index is 0.221. The van der Waals surface area contributed by atoms with Gasteiger partial charge < -0.3 is 25.3 Å². The second-order valence-corrected chi connectivity index (χ2v) is 8.60. The zero-order valence-electron chi connectivity index (χ0n) is 15.2. The zero-order valence-corrected chi connectivity index (χ0v) is 19.2. The fourth-order valence-electron chi connectivity index (χ4n) is 1.98. The number of aromatic carboxylic acids is 1. The largest absolute Gasteiger partial charge is 0.544 e. The van der Waals surface area contributed by atoms with Gasteiger partial charge in [-0.1, -0.05) is 13.8 Å². The molecule has 0 aliphatic heterocycles. The molecule has 0 bridgehead atoms. The van der Waals surface area contributed by atoms with E-state index in [1.165, 1.54) is 6.07 Å². The van der Waals surface area contributed by atoms with Gasteiger partial charge in [0.05, 0.1) is 20.2 Å². The van der Waals surface area contributed by atoms with E-state index in [0.717, 1.165) is 44.9 Å². The number of benzene rings is 1. The molecule has 0 unspecified atom stereocenters. The maximum atomic E-state index is 11.7. The zero-order chi connectivity index (χ0) is 20.4. The summed E-state index contributed by atoms with van der Waals surface area (Å²) < 4.78 is 6.72. The molecule has 27 heavy (non-hydrogen) atoms. The van der Waals surface area contributed by atoms with Crippen LogP contribution < -0.4 is 10.8 Å². The average molecular weight is 522 g/mol. The van der Waals surface area contributed by atoms with Gasteiger partial charge in [-0.05, 0) is 75.3 Å². The Morgan fingerprint density at radius 3 is 2.19 bits per heavy atom. The average Bonchev–Trinajstić information content (AvgIpc) is 2.99. The first kappa shape index (κ1) is 23.8. The fraction of sp³-hybridized carbons (Fsp3) is 0.333. The molecular weight excluding hydrogens is 500 g/mol. The Kier molecular flexibility index (Phi) is 10.8. The summed E-state index contributed by atoms with van der Waals surface area (Å²) in [5.74, 6) is -1.41. The Bertz CT molecular complexity index is 727. The molecule has 148 valence electrons. The van der Waals surface area contributed by atoms with Crippen LogP contribution in [0.1, 0.15) is 33.9 Å². The highest BCUT2D eigenvalue weighted by Crippen LogP contribution is 2.31. The van der Waals surface area contributed by atoms with Crippen molar-refractivity contribution in [3.05, 3.63) is 49.0 Å². The topological polar surface area (TPSA) is 97.3 Å². The molecule has 9 heteroatoms. The van der Waals surface area contributed by atoms with Crippen LogP contribution in [0.25, 0.3) is 0 Å². The number of carbonyl (C=O) groups excluding carboxylic acids is 2. The number of carboxylic acid groups (broad SMARTS) is 1. The minimum atomic E-state index is -1.14. The number of esters is 1. The Balaban J connectivity index is 0.000000309. The van der Waals surface area contributed by atoms with Gasteiger partial charge in [-0.15, -0.1) is 11.3 Å².